The summed E-state index contributed by atoms with van der Waals surface area (Å²) >= 11 is 0. The fourth-order valence-electron chi connectivity index (χ4n) is 2.38. The second-order valence-corrected chi connectivity index (χ2v) is 6.08. The molecule has 3 N–H and O–H groups in total. The van der Waals surface area contributed by atoms with Gasteiger partial charge in [-0.15, -0.1) is 0 Å². The molecule has 1 aromatic carbocycles. The summed E-state index contributed by atoms with van der Waals surface area (Å²) in [6.07, 6.45) is 2.47. The molecule has 1 atom stereocenters. The fourth-order valence-corrected chi connectivity index (χ4v) is 2.38. The molecular formula is C19H23N5O6. The van der Waals surface area contributed by atoms with Crippen molar-refractivity contribution in [3.8, 4) is 17.6 Å². The Morgan fingerprint density at radius 3 is 2.60 bits per heavy atom. The number of nitro benzene ring substituents is 1. The summed E-state index contributed by atoms with van der Waals surface area (Å²) in [5.41, 5.74) is -1.09. The Hall–Kier alpha value is -3.94. The largest absolute Gasteiger partial charge is 0.504 e. The van der Waals surface area contributed by atoms with Crippen LogP contribution in [0.25, 0.3) is 6.08 Å². The van der Waals surface area contributed by atoms with Crippen LogP contribution < -0.4 is 5.32 Å². The van der Waals surface area contributed by atoms with Gasteiger partial charge in [0.1, 0.15) is 17.7 Å². The highest BCUT2D eigenvalue weighted by molar-refractivity contribution is 6.02. The van der Waals surface area contributed by atoms with Gasteiger partial charge >= 0.3 is 5.69 Å². The second kappa shape index (κ2) is 11.2. The smallest absolute Gasteiger partial charge is 0.315 e. The number of phenolic OH excluding ortho intramolecular Hbond substituents is 2. The zero-order valence-electron chi connectivity index (χ0n) is 16.8. The number of hydrogen-bond acceptors (Lipinski definition) is 8. The van der Waals surface area contributed by atoms with Crippen molar-refractivity contribution in [2.45, 2.75) is 26.8 Å². The molecule has 1 rings (SSSR count). The molecule has 0 aliphatic heterocycles. The quantitative estimate of drug-likeness (QED) is 0.136. The van der Waals surface area contributed by atoms with E-state index in [0.29, 0.717) is 6.54 Å². The lowest BCUT2D eigenvalue weighted by molar-refractivity contribution is -0.386. The molecule has 11 heteroatoms. The molecule has 0 radical (unpaired) electrons. The molecule has 1 unspecified atom stereocenters. The number of likely N-dealkylation sites (N-methyl/N-ethyl adjacent to an activating group) is 2. The predicted molar refractivity (Wildman–Crippen MR) is 109 cm³/mol. The van der Waals surface area contributed by atoms with Gasteiger partial charge in [0, 0.05) is 25.4 Å². The highest BCUT2D eigenvalue weighted by atomic mass is 16.6. The number of amides is 2. The molecule has 0 bridgehead atoms. The number of carbonyl (C=O) groups excluding carboxylic acids is 2. The van der Waals surface area contributed by atoms with Gasteiger partial charge in [0.25, 0.3) is 5.91 Å². The molecule has 11 nitrogen and oxygen atoms in total. The van der Waals surface area contributed by atoms with Gasteiger partial charge in [-0.3, -0.25) is 24.7 Å². The number of rotatable bonds is 9. The van der Waals surface area contributed by atoms with Crippen molar-refractivity contribution in [2.75, 3.05) is 19.6 Å². The Morgan fingerprint density at radius 1 is 1.40 bits per heavy atom. The van der Waals surface area contributed by atoms with Crippen LogP contribution in [-0.2, 0) is 9.59 Å². The first kappa shape index (κ1) is 24.1. The summed E-state index contributed by atoms with van der Waals surface area (Å²) in [7, 11) is 0. The third-order valence-electron chi connectivity index (χ3n) is 3.98. The minimum Gasteiger partial charge on any atom is -0.504 e. The molecule has 0 heterocycles. The third-order valence-corrected chi connectivity index (χ3v) is 3.98. The molecule has 0 spiro atoms. The van der Waals surface area contributed by atoms with Crippen LogP contribution in [0.3, 0.4) is 0 Å². The maximum absolute atomic E-state index is 12.6. The van der Waals surface area contributed by atoms with Crippen LogP contribution in [0.5, 0.6) is 11.5 Å². The minimum absolute atomic E-state index is 0.00326. The lowest BCUT2D eigenvalue weighted by Gasteiger charge is -2.18. The molecule has 0 aliphatic rings. The van der Waals surface area contributed by atoms with Crippen LogP contribution in [0, 0.1) is 21.4 Å². The fraction of sp³-hybridized carbons (Fsp3) is 0.368. The van der Waals surface area contributed by atoms with Crippen molar-refractivity contribution in [1.29, 1.82) is 5.26 Å². The summed E-state index contributed by atoms with van der Waals surface area (Å²) < 4.78 is 0. The Kier molecular flexibility index (Phi) is 8.96. The number of nitrogens with zero attached hydrogens (tertiary/aromatic N) is 4. The summed E-state index contributed by atoms with van der Waals surface area (Å²) in [5.74, 6) is -2.57. The summed E-state index contributed by atoms with van der Waals surface area (Å²) in [4.78, 5) is 39.7. The SMILES string of the molecule is CCNC(=O)C(C)N=CCN(CC)C(=O)/C(C#N)=C/c1cc(O)c(O)c([N+](=O)[O-])c1. The van der Waals surface area contributed by atoms with Gasteiger partial charge in [0.05, 0.1) is 11.5 Å². The van der Waals surface area contributed by atoms with Gasteiger partial charge in [0.15, 0.2) is 5.75 Å². The van der Waals surface area contributed by atoms with Crippen molar-refractivity contribution in [1.82, 2.24) is 10.2 Å². The summed E-state index contributed by atoms with van der Waals surface area (Å²) in [6.45, 7) is 5.82. The van der Waals surface area contributed by atoms with E-state index < -0.39 is 34.1 Å². The summed E-state index contributed by atoms with van der Waals surface area (Å²) in [5, 5.41) is 42.1. The Bertz CT molecular complexity index is 919. The summed E-state index contributed by atoms with van der Waals surface area (Å²) in [6, 6.07) is 3.03. The molecule has 0 aliphatic carbocycles. The molecule has 0 aromatic heterocycles. The van der Waals surface area contributed by atoms with Crippen molar-refractivity contribution >= 4 is 29.8 Å². The lowest BCUT2D eigenvalue weighted by Crippen LogP contribution is -2.34. The zero-order valence-corrected chi connectivity index (χ0v) is 16.8. The normalized spacial score (nSPS) is 12.3. The first-order valence-electron chi connectivity index (χ1n) is 9.06. The maximum atomic E-state index is 12.6. The molecular weight excluding hydrogens is 394 g/mol. The number of nitrogens with one attached hydrogen (secondary N) is 1. The number of hydrogen-bond donors (Lipinski definition) is 3. The van der Waals surface area contributed by atoms with E-state index in [4.69, 9.17) is 0 Å². The van der Waals surface area contributed by atoms with Gasteiger partial charge in [-0.1, -0.05) is 0 Å². The van der Waals surface area contributed by atoms with Gasteiger partial charge in [-0.25, -0.2) is 0 Å². The van der Waals surface area contributed by atoms with Crippen LogP contribution in [0.15, 0.2) is 22.7 Å². The first-order chi connectivity index (χ1) is 14.2. The van der Waals surface area contributed by atoms with Crippen LogP contribution >= 0.6 is 0 Å². The lowest BCUT2D eigenvalue weighted by atomic mass is 10.1. The molecule has 0 fully saturated rings. The number of carbonyl (C=O) groups is 2. The predicted octanol–water partition coefficient (Wildman–Crippen LogP) is 1.36. The van der Waals surface area contributed by atoms with E-state index in [1.165, 1.54) is 11.1 Å². The highest BCUT2D eigenvalue weighted by Gasteiger charge is 2.21. The van der Waals surface area contributed by atoms with Crippen molar-refractivity contribution in [2.24, 2.45) is 4.99 Å². The van der Waals surface area contributed by atoms with E-state index >= 15 is 0 Å². The van der Waals surface area contributed by atoms with E-state index in [1.807, 2.05) is 0 Å². The molecule has 160 valence electrons. The topological polar surface area (TPSA) is 169 Å². The number of benzene rings is 1. The molecule has 1 aromatic rings. The maximum Gasteiger partial charge on any atom is 0.315 e. The molecule has 0 saturated carbocycles. The highest BCUT2D eigenvalue weighted by Crippen LogP contribution is 2.36. The molecule has 2 amide bonds. The van der Waals surface area contributed by atoms with Gasteiger partial charge < -0.3 is 20.4 Å². The first-order valence-corrected chi connectivity index (χ1v) is 9.06. The number of nitro groups is 1. The van der Waals surface area contributed by atoms with Gasteiger partial charge in [-0.2, -0.15) is 5.26 Å². The Morgan fingerprint density at radius 2 is 2.07 bits per heavy atom. The number of nitriles is 1. The third kappa shape index (κ3) is 6.30. The van der Waals surface area contributed by atoms with Crippen molar-refractivity contribution in [3.63, 3.8) is 0 Å². The second-order valence-electron chi connectivity index (χ2n) is 6.08. The number of phenols is 2. The minimum atomic E-state index is -0.908. The van der Waals surface area contributed by atoms with E-state index in [1.54, 1.807) is 26.8 Å². The van der Waals surface area contributed by atoms with Crippen LogP contribution in [0.1, 0.15) is 26.3 Å². The average molecular weight is 417 g/mol. The van der Waals surface area contributed by atoms with E-state index in [2.05, 4.69) is 10.3 Å². The van der Waals surface area contributed by atoms with Gasteiger partial charge in [-0.05, 0) is 38.5 Å². The molecule has 0 saturated heterocycles. The van der Waals surface area contributed by atoms with Crippen LogP contribution in [-0.4, -0.2) is 63.7 Å². The van der Waals surface area contributed by atoms with E-state index in [0.717, 1.165) is 18.2 Å². The van der Waals surface area contributed by atoms with E-state index in [9.17, 15) is 35.2 Å². The number of aromatic hydroxyl groups is 2. The Balaban J connectivity index is 3.06. The van der Waals surface area contributed by atoms with Crippen LogP contribution in [0.4, 0.5) is 5.69 Å². The Labute approximate surface area is 173 Å². The zero-order chi connectivity index (χ0) is 22.8. The average Bonchev–Trinajstić information content (AvgIpc) is 2.71. The monoisotopic (exact) mass is 417 g/mol. The van der Waals surface area contributed by atoms with Crippen LogP contribution in [0.2, 0.25) is 0 Å². The number of aliphatic imine (C=N–C) groups is 1. The van der Waals surface area contributed by atoms with Gasteiger partial charge in [0.2, 0.25) is 11.7 Å². The van der Waals surface area contributed by atoms with Crippen molar-refractivity contribution < 1.29 is 24.7 Å². The standard InChI is InChI=1S/C19H23N5O6/c1-4-21-18(27)12(3)22-6-7-23(5-2)19(28)14(11-20)8-13-9-15(24(29)30)17(26)16(25)10-13/h6,8-10,12,25-26H,4-5,7H2,1-3H3,(H,21,27)/b14-8+,22-6?. The van der Waals surface area contributed by atoms with Crippen molar-refractivity contribution in [3.05, 3.63) is 33.4 Å². The molecule has 30 heavy (non-hydrogen) atoms. The van der Waals surface area contributed by atoms with E-state index in [-0.39, 0.29) is 30.1 Å².